The van der Waals surface area contributed by atoms with Gasteiger partial charge in [0.15, 0.2) is 0 Å². The Hall–Kier alpha value is -1.09. The third-order valence-electron chi connectivity index (χ3n) is 2.51. The summed E-state index contributed by atoms with van der Waals surface area (Å²) in [4.78, 5) is 2.24. The Morgan fingerprint density at radius 3 is 2.67 bits per heavy atom. The molecule has 1 rings (SSSR count). The molecule has 0 spiro atoms. The van der Waals surface area contributed by atoms with E-state index in [-0.39, 0.29) is 5.82 Å². The van der Waals surface area contributed by atoms with Crippen molar-refractivity contribution in [3.8, 4) is 0 Å². The van der Waals surface area contributed by atoms with Crippen molar-refractivity contribution in [1.29, 1.82) is 0 Å². The summed E-state index contributed by atoms with van der Waals surface area (Å²) < 4.78 is 12.9. The summed E-state index contributed by atoms with van der Waals surface area (Å²) in [6.07, 6.45) is 0. The van der Waals surface area contributed by atoms with E-state index in [0.29, 0.717) is 0 Å². The summed E-state index contributed by atoms with van der Waals surface area (Å²) >= 11 is 0. The van der Waals surface area contributed by atoms with E-state index in [1.165, 1.54) is 6.07 Å². The van der Waals surface area contributed by atoms with Gasteiger partial charge in [0.1, 0.15) is 5.82 Å². The molecule has 0 fully saturated rings. The second-order valence-electron chi connectivity index (χ2n) is 3.61. The first-order chi connectivity index (χ1) is 7.19. The SMILES string of the molecule is CCN(CCNC)c1ccc(F)cc1C. The van der Waals surface area contributed by atoms with Gasteiger partial charge in [-0.15, -0.1) is 0 Å². The van der Waals surface area contributed by atoms with E-state index in [1.54, 1.807) is 6.07 Å². The summed E-state index contributed by atoms with van der Waals surface area (Å²) in [5.41, 5.74) is 2.11. The minimum atomic E-state index is -0.166. The lowest BCUT2D eigenvalue weighted by Crippen LogP contribution is -2.31. The zero-order valence-corrected chi connectivity index (χ0v) is 9.68. The zero-order valence-electron chi connectivity index (χ0n) is 9.68. The van der Waals surface area contributed by atoms with Crippen LogP contribution >= 0.6 is 0 Å². The van der Waals surface area contributed by atoms with E-state index in [9.17, 15) is 4.39 Å². The molecule has 0 atom stereocenters. The predicted molar refractivity (Wildman–Crippen MR) is 63.0 cm³/mol. The van der Waals surface area contributed by atoms with Gasteiger partial charge in [-0.1, -0.05) is 0 Å². The van der Waals surface area contributed by atoms with Crippen molar-refractivity contribution in [1.82, 2.24) is 5.32 Å². The molecule has 0 saturated heterocycles. The number of aryl methyl sites for hydroxylation is 1. The smallest absolute Gasteiger partial charge is 0.123 e. The molecule has 0 radical (unpaired) electrons. The highest BCUT2D eigenvalue weighted by atomic mass is 19.1. The molecule has 15 heavy (non-hydrogen) atoms. The summed E-state index contributed by atoms with van der Waals surface area (Å²) in [5, 5.41) is 3.12. The van der Waals surface area contributed by atoms with Crippen LogP contribution in [0.3, 0.4) is 0 Å². The fourth-order valence-electron chi connectivity index (χ4n) is 1.67. The maximum atomic E-state index is 12.9. The van der Waals surface area contributed by atoms with Crippen LogP contribution in [-0.2, 0) is 0 Å². The van der Waals surface area contributed by atoms with Crippen molar-refractivity contribution in [2.75, 3.05) is 31.6 Å². The van der Waals surface area contributed by atoms with Crippen molar-refractivity contribution in [2.24, 2.45) is 0 Å². The van der Waals surface area contributed by atoms with E-state index in [4.69, 9.17) is 0 Å². The number of hydrogen-bond acceptors (Lipinski definition) is 2. The maximum absolute atomic E-state index is 12.9. The maximum Gasteiger partial charge on any atom is 0.123 e. The topological polar surface area (TPSA) is 15.3 Å². The Morgan fingerprint density at radius 2 is 2.13 bits per heavy atom. The van der Waals surface area contributed by atoms with Crippen LogP contribution in [0.4, 0.5) is 10.1 Å². The standard InChI is InChI=1S/C12H19FN2/c1-4-15(8-7-14-3)12-6-5-11(13)9-10(12)2/h5-6,9,14H,4,7-8H2,1-3H3. The second-order valence-corrected chi connectivity index (χ2v) is 3.61. The van der Waals surface area contributed by atoms with Crippen molar-refractivity contribution >= 4 is 5.69 Å². The molecule has 0 aromatic heterocycles. The van der Waals surface area contributed by atoms with Gasteiger partial charge in [-0.2, -0.15) is 0 Å². The largest absolute Gasteiger partial charge is 0.370 e. The van der Waals surface area contributed by atoms with Gasteiger partial charge in [-0.05, 0) is 44.7 Å². The molecule has 3 heteroatoms. The quantitative estimate of drug-likeness (QED) is 0.801. The Labute approximate surface area is 91.1 Å². The molecular weight excluding hydrogens is 191 g/mol. The fourth-order valence-corrected chi connectivity index (χ4v) is 1.67. The second kappa shape index (κ2) is 5.71. The number of anilines is 1. The van der Waals surface area contributed by atoms with E-state index in [1.807, 2.05) is 20.0 Å². The molecular formula is C12H19FN2. The molecule has 0 heterocycles. The van der Waals surface area contributed by atoms with Crippen LogP contribution in [0.15, 0.2) is 18.2 Å². The lowest BCUT2D eigenvalue weighted by Gasteiger charge is -2.24. The van der Waals surface area contributed by atoms with Gasteiger partial charge in [-0.25, -0.2) is 4.39 Å². The van der Waals surface area contributed by atoms with Crippen LogP contribution < -0.4 is 10.2 Å². The van der Waals surface area contributed by atoms with Gasteiger partial charge in [0.2, 0.25) is 0 Å². The van der Waals surface area contributed by atoms with Crippen molar-refractivity contribution in [3.63, 3.8) is 0 Å². The molecule has 0 aliphatic heterocycles. The lowest BCUT2D eigenvalue weighted by atomic mass is 10.1. The Kier molecular flexibility index (Phi) is 4.56. The van der Waals surface area contributed by atoms with Crippen LogP contribution in [0.2, 0.25) is 0 Å². The van der Waals surface area contributed by atoms with Crippen molar-refractivity contribution in [2.45, 2.75) is 13.8 Å². The highest BCUT2D eigenvalue weighted by molar-refractivity contribution is 5.53. The van der Waals surface area contributed by atoms with Crippen molar-refractivity contribution in [3.05, 3.63) is 29.6 Å². The summed E-state index contributed by atoms with van der Waals surface area (Å²) in [6, 6.07) is 4.95. The van der Waals surface area contributed by atoms with Gasteiger partial charge in [0.05, 0.1) is 0 Å². The fraction of sp³-hybridized carbons (Fsp3) is 0.500. The lowest BCUT2D eigenvalue weighted by molar-refractivity contribution is 0.626. The third-order valence-corrected chi connectivity index (χ3v) is 2.51. The molecule has 1 N–H and O–H groups in total. The summed E-state index contributed by atoms with van der Waals surface area (Å²) in [5.74, 6) is -0.166. The monoisotopic (exact) mass is 210 g/mol. The number of benzene rings is 1. The number of nitrogens with one attached hydrogen (secondary N) is 1. The van der Waals surface area contributed by atoms with Crippen LogP contribution in [-0.4, -0.2) is 26.7 Å². The molecule has 0 aliphatic rings. The first kappa shape index (κ1) is 12.0. The predicted octanol–water partition coefficient (Wildman–Crippen LogP) is 2.18. The van der Waals surface area contributed by atoms with Crippen LogP contribution in [0, 0.1) is 12.7 Å². The number of hydrogen-bond donors (Lipinski definition) is 1. The first-order valence-electron chi connectivity index (χ1n) is 5.34. The zero-order chi connectivity index (χ0) is 11.3. The average Bonchev–Trinajstić information content (AvgIpc) is 2.21. The molecule has 1 aromatic carbocycles. The van der Waals surface area contributed by atoms with Gasteiger partial charge in [0.25, 0.3) is 0 Å². The van der Waals surface area contributed by atoms with Crippen LogP contribution in [0.1, 0.15) is 12.5 Å². The van der Waals surface area contributed by atoms with Gasteiger partial charge in [-0.3, -0.25) is 0 Å². The van der Waals surface area contributed by atoms with E-state index in [0.717, 1.165) is 30.9 Å². The normalized spacial score (nSPS) is 10.4. The summed E-state index contributed by atoms with van der Waals surface area (Å²) in [6.45, 7) is 6.87. The van der Waals surface area contributed by atoms with E-state index >= 15 is 0 Å². The van der Waals surface area contributed by atoms with E-state index in [2.05, 4.69) is 17.1 Å². The number of likely N-dealkylation sites (N-methyl/N-ethyl adjacent to an activating group) is 2. The van der Waals surface area contributed by atoms with Gasteiger partial charge < -0.3 is 10.2 Å². The van der Waals surface area contributed by atoms with Crippen LogP contribution in [0.25, 0.3) is 0 Å². The minimum absolute atomic E-state index is 0.166. The molecule has 0 aliphatic carbocycles. The molecule has 84 valence electrons. The highest BCUT2D eigenvalue weighted by Crippen LogP contribution is 2.20. The average molecular weight is 210 g/mol. The highest BCUT2D eigenvalue weighted by Gasteiger charge is 2.07. The van der Waals surface area contributed by atoms with Gasteiger partial charge in [0, 0.05) is 25.3 Å². The van der Waals surface area contributed by atoms with Crippen molar-refractivity contribution < 1.29 is 4.39 Å². The minimum Gasteiger partial charge on any atom is -0.370 e. The number of nitrogens with zero attached hydrogens (tertiary/aromatic N) is 1. The number of halogens is 1. The summed E-state index contributed by atoms with van der Waals surface area (Å²) in [7, 11) is 1.94. The number of rotatable bonds is 5. The molecule has 0 saturated carbocycles. The Bertz CT molecular complexity index is 312. The third kappa shape index (κ3) is 3.20. The molecule has 0 bridgehead atoms. The molecule has 0 amide bonds. The first-order valence-corrected chi connectivity index (χ1v) is 5.34. The Morgan fingerprint density at radius 1 is 1.40 bits per heavy atom. The Balaban J connectivity index is 2.81. The van der Waals surface area contributed by atoms with Gasteiger partial charge >= 0.3 is 0 Å². The molecule has 0 unspecified atom stereocenters. The molecule has 1 aromatic rings. The van der Waals surface area contributed by atoms with Crippen LogP contribution in [0.5, 0.6) is 0 Å². The van der Waals surface area contributed by atoms with E-state index < -0.39 is 0 Å². The molecule has 2 nitrogen and oxygen atoms in total.